The molecular weight excluding hydrogens is 479 g/mol. The van der Waals surface area contributed by atoms with Crippen molar-refractivity contribution < 1.29 is 49.3 Å². The van der Waals surface area contributed by atoms with Gasteiger partial charge in [0.05, 0.1) is 21.3 Å². The van der Waals surface area contributed by atoms with Crippen molar-refractivity contribution in [2.75, 3.05) is 21.3 Å². The molecule has 0 saturated heterocycles. The molecule has 0 aliphatic heterocycles. The highest BCUT2D eigenvalue weighted by molar-refractivity contribution is 6.96. The number of benzene rings is 3. The molecule has 0 radical (unpaired) electrons. The third kappa shape index (κ3) is 4.20. The molecule has 3 aromatic rings. The van der Waals surface area contributed by atoms with Gasteiger partial charge in [0.15, 0.2) is 34.9 Å². The largest absolute Gasteiger partial charge is 0.497 e. The molecule has 0 N–H and O–H groups in total. The Morgan fingerprint density at radius 1 is 0.485 bits per heavy atom. The molecule has 12 heteroatoms. The summed E-state index contributed by atoms with van der Waals surface area (Å²) in [5.41, 5.74) is 0. The Morgan fingerprint density at radius 3 is 1.21 bits per heavy atom. The lowest BCUT2D eigenvalue weighted by molar-refractivity contribution is 0.379. The quantitative estimate of drug-likeness (QED) is 0.300. The van der Waals surface area contributed by atoms with Crippen LogP contribution >= 0.6 is 0 Å². The minimum atomic E-state index is -4.49. The molecule has 0 fully saturated rings. The summed E-state index contributed by atoms with van der Waals surface area (Å²) in [5, 5.41) is 0. The number of hydrogen-bond donors (Lipinski definition) is 0. The minimum absolute atomic E-state index is 0.101. The van der Waals surface area contributed by atoms with Crippen LogP contribution in [-0.4, -0.2) is 35.5 Å². The van der Waals surface area contributed by atoms with Crippen molar-refractivity contribution in [2.45, 2.75) is 0 Å². The van der Waals surface area contributed by atoms with E-state index < -0.39 is 85.5 Å². The van der Waals surface area contributed by atoms with E-state index >= 15 is 17.6 Å². The second-order valence-electron chi connectivity index (χ2n) is 6.64. The topological polar surface area (TPSA) is 27.7 Å². The standard InChI is InChI=1S/2C7H4F3O.C7H5F2O.Al/c2*1-11-7-3-5(9)4(8)2-6(7)10;1-10-7-3-5(8)2-6(9)4-7;/h2*2H,1H3;3-4H,1H3;. The molecule has 0 aromatic heterocycles. The van der Waals surface area contributed by atoms with Gasteiger partial charge in [-0.3, -0.25) is 0 Å². The van der Waals surface area contributed by atoms with Crippen LogP contribution in [-0.2, 0) is 0 Å². The highest BCUT2D eigenvalue weighted by atomic mass is 27.2. The van der Waals surface area contributed by atoms with E-state index in [0.717, 1.165) is 21.3 Å². The van der Waals surface area contributed by atoms with E-state index in [1.807, 2.05) is 0 Å². The van der Waals surface area contributed by atoms with Crippen LogP contribution in [0.4, 0.5) is 35.1 Å². The van der Waals surface area contributed by atoms with E-state index in [9.17, 15) is 17.6 Å². The Hall–Kier alpha value is -2.97. The monoisotopic (exact) mass is 492 g/mol. The Morgan fingerprint density at radius 2 is 0.879 bits per heavy atom. The maximum atomic E-state index is 15.1. The van der Waals surface area contributed by atoms with Crippen molar-refractivity contribution in [3.05, 3.63) is 70.8 Å². The summed E-state index contributed by atoms with van der Waals surface area (Å²) in [6.45, 7) is 0. The smallest absolute Gasteiger partial charge is 0.415 e. The molecule has 0 spiro atoms. The number of ether oxygens (including phenoxy) is 3. The van der Waals surface area contributed by atoms with Gasteiger partial charge in [0.2, 0.25) is 0 Å². The zero-order valence-electron chi connectivity index (χ0n) is 17.1. The van der Waals surface area contributed by atoms with Crippen molar-refractivity contribution in [3.8, 4) is 17.2 Å². The van der Waals surface area contributed by atoms with E-state index in [0.29, 0.717) is 12.1 Å². The predicted octanol–water partition coefficient (Wildman–Crippen LogP) is 3.34. The average Bonchev–Trinajstić information content (AvgIpc) is 2.76. The number of hydrogen-bond acceptors (Lipinski definition) is 3. The van der Waals surface area contributed by atoms with Crippen molar-refractivity contribution in [3.63, 3.8) is 0 Å². The Kier molecular flexibility index (Phi) is 7.09. The SMILES string of the molecule is COc1cc(F)[c]([Al]([c]2c(F)c(F)cc(F)c2OC)[c]2c(F)c(F)cc(F)c2OC)c(F)c1. The highest BCUT2D eigenvalue weighted by Crippen LogP contribution is 2.25. The van der Waals surface area contributed by atoms with E-state index in [4.69, 9.17) is 14.2 Å². The van der Waals surface area contributed by atoms with E-state index in [2.05, 4.69) is 0 Å². The molecule has 3 nitrogen and oxygen atoms in total. The molecular formula is C21H13AlF8O3. The van der Waals surface area contributed by atoms with Crippen LogP contribution in [0.1, 0.15) is 0 Å². The van der Waals surface area contributed by atoms with Gasteiger partial charge in [0.1, 0.15) is 28.9 Å². The Bertz CT molecular complexity index is 1150. The number of methoxy groups -OCH3 is 3. The molecule has 174 valence electrons. The van der Waals surface area contributed by atoms with Gasteiger partial charge < -0.3 is 14.2 Å². The van der Waals surface area contributed by atoms with Crippen molar-refractivity contribution in [1.29, 1.82) is 0 Å². The zero-order chi connectivity index (χ0) is 24.6. The molecule has 0 bridgehead atoms. The van der Waals surface area contributed by atoms with Gasteiger partial charge in [-0.05, 0) is 13.3 Å². The zero-order valence-corrected chi connectivity index (χ0v) is 18.3. The third-order valence-electron chi connectivity index (χ3n) is 4.88. The fourth-order valence-corrected chi connectivity index (χ4v) is 6.92. The second-order valence-corrected chi connectivity index (χ2v) is 9.24. The Labute approximate surface area is 186 Å². The first-order chi connectivity index (χ1) is 15.6. The minimum Gasteiger partial charge on any atom is -0.497 e. The molecule has 0 unspecified atom stereocenters. The van der Waals surface area contributed by atoms with Gasteiger partial charge in [-0.2, -0.15) is 0 Å². The lowest BCUT2D eigenvalue weighted by atomic mass is 10.3. The first-order valence-corrected chi connectivity index (χ1v) is 10.8. The maximum Gasteiger partial charge on any atom is 0.415 e. The van der Waals surface area contributed by atoms with Crippen LogP contribution < -0.4 is 27.5 Å². The summed E-state index contributed by atoms with van der Waals surface area (Å²) in [4.78, 5) is 0. The van der Waals surface area contributed by atoms with Crippen LogP contribution in [0, 0.1) is 46.5 Å². The molecule has 0 heterocycles. The van der Waals surface area contributed by atoms with Gasteiger partial charge in [-0.1, -0.05) is 0 Å². The molecule has 0 amide bonds. The van der Waals surface area contributed by atoms with E-state index in [1.54, 1.807) is 0 Å². The third-order valence-corrected chi connectivity index (χ3v) is 8.20. The average molecular weight is 492 g/mol. The first-order valence-electron chi connectivity index (χ1n) is 9.02. The van der Waals surface area contributed by atoms with Crippen molar-refractivity contribution >= 4 is 27.4 Å². The fourth-order valence-electron chi connectivity index (χ4n) is 3.51. The predicted molar refractivity (Wildman–Crippen MR) is 103 cm³/mol. The molecule has 0 aliphatic carbocycles. The van der Waals surface area contributed by atoms with Gasteiger partial charge in [0, 0.05) is 24.3 Å². The summed E-state index contributed by atoms with van der Waals surface area (Å²) in [5.74, 6) is -15.5. The van der Waals surface area contributed by atoms with Crippen LogP contribution in [0.5, 0.6) is 17.2 Å². The van der Waals surface area contributed by atoms with Gasteiger partial charge in [-0.25, -0.2) is 35.1 Å². The summed E-state index contributed by atoms with van der Waals surface area (Å²) >= 11 is -4.49. The van der Waals surface area contributed by atoms with Crippen molar-refractivity contribution in [2.24, 2.45) is 0 Å². The summed E-state index contributed by atoms with van der Waals surface area (Å²) in [7, 11) is 2.76. The van der Waals surface area contributed by atoms with Gasteiger partial charge >= 0.3 is 14.1 Å². The normalized spacial score (nSPS) is 10.9. The number of halogens is 8. The molecule has 33 heavy (non-hydrogen) atoms. The molecule has 0 atom stereocenters. The molecule has 0 saturated carbocycles. The Balaban J connectivity index is 2.59. The van der Waals surface area contributed by atoms with Crippen molar-refractivity contribution in [1.82, 2.24) is 0 Å². The summed E-state index contributed by atoms with van der Waals surface area (Å²) in [6, 6.07) is 1.48. The lowest BCUT2D eigenvalue weighted by Gasteiger charge is -2.22. The fraction of sp³-hybridized carbons (Fsp3) is 0.143. The number of rotatable bonds is 6. The molecule has 0 aliphatic rings. The van der Waals surface area contributed by atoms with Crippen LogP contribution in [0.25, 0.3) is 0 Å². The molecule has 3 aromatic carbocycles. The first kappa shape index (κ1) is 24.7. The summed E-state index contributed by atoms with van der Waals surface area (Å²) in [6.07, 6.45) is 0. The van der Waals surface area contributed by atoms with Crippen LogP contribution in [0.3, 0.4) is 0 Å². The van der Waals surface area contributed by atoms with Gasteiger partial charge in [0.25, 0.3) is 0 Å². The second kappa shape index (κ2) is 9.49. The van der Waals surface area contributed by atoms with E-state index in [1.165, 1.54) is 0 Å². The highest BCUT2D eigenvalue weighted by Gasteiger charge is 2.43. The van der Waals surface area contributed by atoms with Crippen LogP contribution in [0.15, 0.2) is 24.3 Å². The lowest BCUT2D eigenvalue weighted by Crippen LogP contribution is -2.58. The van der Waals surface area contributed by atoms with E-state index in [-0.39, 0.29) is 17.9 Å². The van der Waals surface area contributed by atoms with Crippen LogP contribution in [0.2, 0.25) is 0 Å². The summed E-state index contributed by atoms with van der Waals surface area (Å²) < 4.78 is 128. The maximum absolute atomic E-state index is 15.1. The molecule has 3 rings (SSSR count). The van der Waals surface area contributed by atoms with Gasteiger partial charge in [-0.15, -0.1) is 0 Å².